The third kappa shape index (κ3) is 2.00. The number of halogens is 1. The first-order chi connectivity index (χ1) is 9.81. The summed E-state index contributed by atoms with van der Waals surface area (Å²) in [6.07, 6.45) is 2.30. The molecule has 6 heteroatoms. The number of hydrogen-bond donors (Lipinski definition) is 1. The second-order valence-electron chi connectivity index (χ2n) is 4.94. The van der Waals surface area contributed by atoms with Gasteiger partial charge in [-0.05, 0) is 25.0 Å². The number of nitrogens with one attached hydrogen (secondary N) is 1. The molecule has 0 atom stereocenters. The van der Waals surface area contributed by atoms with Crippen LogP contribution in [0.4, 0.5) is 11.4 Å². The Hall–Kier alpha value is -2.14. The third-order valence-electron chi connectivity index (χ3n) is 3.36. The van der Waals surface area contributed by atoms with E-state index >= 15 is 0 Å². The summed E-state index contributed by atoms with van der Waals surface area (Å²) < 4.78 is 1.76. The lowest BCUT2D eigenvalue weighted by Gasteiger charge is -2.07. The Morgan fingerprint density at radius 3 is 2.70 bits per heavy atom. The molecule has 0 radical (unpaired) electrons. The summed E-state index contributed by atoms with van der Waals surface area (Å²) >= 11 is 6.12. The van der Waals surface area contributed by atoms with Crippen molar-refractivity contribution < 1.29 is 0 Å². The van der Waals surface area contributed by atoms with E-state index in [4.69, 9.17) is 11.6 Å². The molecule has 2 aromatic heterocycles. The van der Waals surface area contributed by atoms with E-state index < -0.39 is 0 Å². The van der Waals surface area contributed by atoms with Crippen molar-refractivity contribution >= 4 is 28.6 Å². The van der Waals surface area contributed by atoms with Crippen LogP contribution in [0.15, 0.2) is 36.4 Å². The van der Waals surface area contributed by atoms with E-state index in [0.717, 1.165) is 30.0 Å². The fraction of sp³-hybridized carbons (Fsp3) is 0.214. The van der Waals surface area contributed by atoms with Crippen molar-refractivity contribution in [2.75, 3.05) is 5.32 Å². The second-order valence-corrected chi connectivity index (χ2v) is 5.33. The van der Waals surface area contributed by atoms with Crippen LogP contribution in [0.2, 0.25) is 5.15 Å². The van der Waals surface area contributed by atoms with Crippen LogP contribution in [0.5, 0.6) is 0 Å². The highest BCUT2D eigenvalue weighted by Crippen LogP contribution is 2.39. The zero-order valence-electron chi connectivity index (χ0n) is 10.6. The Kier molecular flexibility index (Phi) is 2.60. The van der Waals surface area contributed by atoms with Crippen LogP contribution in [0.25, 0.3) is 5.65 Å². The molecule has 1 N–H and O–H groups in total. The van der Waals surface area contributed by atoms with Crippen molar-refractivity contribution in [2.45, 2.75) is 18.8 Å². The number of nitrogens with zero attached hydrogens (tertiary/aromatic N) is 4. The molecule has 20 heavy (non-hydrogen) atoms. The monoisotopic (exact) mass is 285 g/mol. The van der Waals surface area contributed by atoms with Crippen LogP contribution in [0.1, 0.15) is 24.6 Å². The Labute approximate surface area is 120 Å². The normalized spacial score (nSPS) is 14.7. The fourth-order valence-electron chi connectivity index (χ4n) is 2.23. The molecular formula is C14H12ClN5. The first kappa shape index (κ1) is 11.7. The lowest BCUT2D eigenvalue weighted by atomic mass is 10.3. The minimum Gasteiger partial charge on any atom is -0.352 e. The highest BCUT2D eigenvalue weighted by atomic mass is 35.5. The molecular weight excluding hydrogens is 274 g/mol. The molecule has 1 aliphatic carbocycles. The molecule has 0 bridgehead atoms. The van der Waals surface area contributed by atoms with Gasteiger partial charge in [-0.1, -0.05) is 29.8 Å². The average molecular weight is 286 g/mol. The number of aromatic nitrogens is 4. The van der Waals surface area contributed by atoms with Gasteiger partial charge in [0.25, 0.3) is 0 Å². The molecule has 0 unspecified atom stereocenters. The van der Waals surface area contributed by atoms with E-state index in [2.05, 4.69) is 20.6 Å². The SMILES string of the molecule is Clc1cc(Nc2ccccc2)c2nnc(C3CC3)n2n1. The number of para-hydroxylation sites is 1. The number of fused-ring (bicyclic) bond motifs is 1. The number of rotatable bonds is 3. The summed E-state index contributed by atoms with van der Waals surface area (Å²) in [5, 5.41) is 16.6. The molecule has 0 saturated heterocycles. The molecule has 1 aromatic carbocycles. The van der Waals surface area contributed by atoms with E-state index in [1.807, 2.05) is 30.3 Å². The van der Waals surface area contributed by atoms with Gasteiger partial charge in [-0.15, -0.1) is 10.2 Å². The molecule has 3 aromatic rings. The summed E-state index contributed by atoms with van der Waals surface area (Å²) in [5.74, 6) is 1.37. The van der Waals surface area contributed by atoms with Gasteiger partial charge in [-0.25, -0.2) is 0 Å². The predicted molar refractivity (Wildman–Crippen MR) is 77.5 cm³/mol. The van der Waals surface area contributed by atoms with Gasteiger partial charge < -0.3 is 5.32 Å². The predicted octanol–water partition coefficient (Wildman–Crippen LogP) is 3.40. The Balaban J connectivity index is 1.82. The number of benzene rings is 1. The second kappa shape index (κ2) is 4.45. The van der Waals surface area contributed by atoms with Crippen molar-refractivity contribution in [3.63, 3.8) is 0 Å². The Morgan fingerprint density at radius 2 is 1.95 bits per heavy atom. The van der Waals surface area contributed by atoms with Crippen LogP contribution >= 0.6 is 11.6 Å². The number of anilines is 2. The molecule has 1 fully saturated rings. The standard InChI is InChI=1S/C14H12ClN5/c15-12-8-11(16-10-4-2-1-3-5-10)14-18-17-13(9-6-7-9)20(14)19-12/h1-5,8-9,16H,6-7H2. The molecule has 4 rings (SSSR count). The maximum atomic E-state index is 6.12. The molecule has 5 nitrogen and oxygen atoms in total. The highest BCUT2D eigenvalue weighted by Gasteiger charge is 2.30. The topological polar surface area (TPSA) is 55.1 Å². The van der Waals surface area contributed by atoms with Gasteiger partial charge in [0.05, 0.1) is 5.69 Å². The number of hydrogen-bond acceptors (Lipinski definition) is 4. The van der Waals surface area contributed by atoms with Crippen LogP contribution in [-0.4, -0.2) is 19.8 Å². The highest BCUT2D eigenvalue weighted by molar-refractivity contribution is 6.29. The van der Waals surface area contributed by atoms with Gasteiger partial charge in [-0.3, -0.25) is 0 Å². The Morgan fingerprint density at radius 1 is 1.15 bits per heavy atom. The van der Waals surface area contributed by atoms with E-state index in [-0.39, 0.29) is 0 Å². The lowest BCUT2D eigenvalue weighted by molar-refractivity contribution is 0.815. The zero-order chi connectivity index (χ0) is 13.5. The molecule has 0 spiro atoms. The molecule has 1 saturated carbocycles. The van der Waals surface area contributed by atoms with Crippen LogP contribution in [0, 0.1) is 0 Å². The minimum atomic E-state index is 0.428. The molecule has 0 amide bonds. The largest absolute Gasteiger partial charge is 0.352 e. The van der Waals surface area contributed by atoms with Gasteiger partial charge in [0, 0.05) is 17.7 Å². The molecule has 100 valence electrons. The summed E-state index contributed by atoms with van der Waals surface area (Å²) in [5.41, 5.74) is 2.50. The van der Waals surface area contributed by atoms with Gasteiger partial charge in [0.15, 0.2) is 11.0 Å². The molecule has 2 heterocycles. The first-order valence-electron chi connectivity index (χ1n) is 6.55. The van der Waals surface area contributed by atoms with Crippen molar-refractivity contribution in [1.82, 2.24) is 19.8 Å². The van der Waals surface area contributed by atoms with Gasteiger partial charge in [-0.2, -0.15) is 9.61 Å². The van der Waals surface area contributed by atoms with E-state index in [1.165, 1.54) is 0 Å². The summed E-state index contributed by atoms with van der Waals surface area (Å²) in [4.78, 5) is 0. The maximum absolute atomic E-state index is 6.12. The summed E-state index contributed by atoms with van der Waals surface area (Å²) in [6.45, 7) is 0. The van der Waals surface area contributed by atoms with Gasteiger partial charge in [0.1, 0.15) is 0 Å². The third-order valence-corrected chi connectivity index (χ3v) is 3.54. The van der Waals surface area contributed by atoms with E-state index in [1.54, 1.807) is 10.6 Å². The van der Waals surface area contributed by atoms with Crippen molar-refractivity contribution in [3.8, 4) is 0 Å². The Bertz CT molecular complexity index is 764. The van der Waals surface area contributed by atoms with Crippen LogP contribution in [-0.2, 0) is 0 Å². The van der Waals surface area contributed by atoms with E-state index in [0.29, 0.717) is 16.7 Å². The zero-order valence-corrected chi connectivity index (χ0v) is 11.4. The smallest absolute Gasteiger partial charge is 0.201 e. The quantitative estimate of drug-likeness (QED) is 0.801. The summed E-state index contributed by atoms with van der Waals surface area (Å²) in [7, 11) is 0. The van der Waals surface area contributed by atoms with Crippen molar-refractivity contribution in [3.05, 3.63) is 47.4 Å². The van der Waals surface area contributed by atoms with E-state index in [9.17, 15) is 0 Å². The minimum absolute atomic E-state index is 0.428. The summed E-state index contributed by atoms with van der Waals surface area (Å²) in [6, 6.07) is 11.7. The lowest BCUT2D eigenvalue weighted by Crippen LogP contribution is -2.01. The maximum Gasteiger partial charge on any atom is 0.201 e. The molecule has 1 aliphatic rings. The van der Waals surface area contributed by atoms with Gasteiger partial charge in [0.2, 0.25) is 5.65 Å². The average Bonchev–Trinajstić information content (AvgIpc) is 3.20. The van der Waals surface area contributed by atoms with Crippen LogP contribution < -0.4 is 5.32 Å². The van der Waals surface area contributed by atoms with Crippen LogP contribution in [0.3, 0.4) is 0 Å². The van der Waals surface area contributed by atoms with Crippen molar-refractivity contribution in [1.29, 1.82) is 0 Å². The fourth-order valence-corrected chi connectivity index (χ4v) is 2.42. The molecule has 0 aliphatic heterocycles. The van der Waals surface area contributed by atoms with Crippen molar-refractivity contribution in [2.24, 2.45) is 0 Å². The van der Waals surface area contributed by atoms with Gasteiger partial charge >= 0.3 is 0 Å². The first-order valence-corrected chi connectivity index (χ1v) is 6.93.